The molecular formula is C11H23BClO5P. The summed E-state index contributed by atoms with van der Waals surface area (Å²) in [7, 11) is -5.14. The van der Waals surface area contributed by atoms with E-state index in [2.05, 4.69) is 0 Å². The van der Waals surface area contributed by atoms with Gasteiger partial charge in [0, 0.05) is 5.88 Å². The van der Waals surface area contributed by atoms with Crippen molar-refractivity contribution in [3.63, 3.8) is 0 Å². The highest BCUT2D eigenvalue weighted by molar-refractivity contribution is 7.55. The summed E-state index contributed by atoms with van der Waals surface area (Å²) in [6.45, 7) is 7.45. The Balaban J connectivity index is 2.81. The molecule has 19 heavy (non-hydrogen) atoms. The van der Waals surface area contributed by atoms with Gasteiger partial charge < -0.3 is 19.1 Å². The molecule has 0 aliphatic carbocycles. The maximum absolute atomic E-state index is 11.6. The van der Waals surface area contributed by atoms with Crippen LogP contribution in [0.5, 0.6) is 0 Å². The van der Waals surface area contributed by atoms with Crippen LogP contribution < -0.4 is 0 Å². The second-order valence-electron chi connectivity index (χ2n) is 5.97. The van der Waals surface area contributed by atoms with Crippen molar-refractivity contribution in [3.05, 3.63) is 0 Å². The zero-order chi connectivity index (χ0) is 14.9. The van der Waals surface area contributed by atoms with Gasteiger partial charge in [0.2, 0.25) is 0 Å². The Morgan fingerprint density at radius 1 is 1.16 bits per heavy atom. The molecule has 1 saturated heterocycles. The lowest BCUT2D eigenvalue weighted by Gasteiger charge is -2.32. The summed E-state index contributed by atoms with van der Waals surface area (Å²) in [5, 5.41) is 0. The Morgan fingerprint density at radius 2 is 1.63 bits per heavy atom. The lowest BCUT2D eigenvalue weighted by atomic mass is 9.81. The topological polar surface area (TPSA) is 76.0 Å². The van der Waals surface area contributed by atoms with Crippen LogP contribution in [0.25, 0.3) is 0 Å². The fourth-order valence-corrected chi connectivity index (χ4v) is 3.10. The summed E-state index contributed by atoms with van der Waals surface area (Å²) >= 11 is 5.59. The molecule has 1 unspecified atom stereocenters. The van der Waals surface area contributed by atoms with Crippen LogP contribution in [0.3, 0.4) is 0 Å². The van der Waals surface area contributed by atoms with E-state index in [-0.39, 0.29) is 0 Å². The minimum absolute atomic E-state index is 0.341. The van der Waals surface area contributed by atoms with E-state index < -0.39 is 31.5 Å². The molecule has 0 aromatic rings. The van der Waals surface area contributed by atoms with E-state index in [1.807, 2.05) is 27.7 Å². The van der Waals surface area contributed by atoms with E-state index in [4.69, 9.17) is 20.9 Å². The van der Waals surface area contributed by atoms with E-state index in [9.17, 15) is 14.4 Å². The molecule has 0 amide bonds. The fraction of sp³-hybridized carbons (Fsp3) is 1.00. The maximum Gasteiger partial charge on any atom is 0.473 e. The molecule has 0 bridgehead atoms. The molecule has 5 nitrogen and oxygen atoms in total. The summed E-state index contributed by atoms with van der Waals surface area (Å²) in [6.07, 6.45) is 1.70. The van der Waals surface area contributed by atoms with Crippen LogP contribution in [-0.4, -0.2) is 39.5 Å². The van der Waals surface area contributed by atoms with Crippen molar-refractivity contribution in [1.82, 2.24) is 0 Å². The second kappa shape index (κ2) is 6.04. The average Bonchev–Trinajstić information content (AvgIpc) is 2.40. The molecule has 1 atom stereocenters. The minimum atomic E-state index is -4.27. The predicted molar refractivity (Wildman–Crippen MR) is 76.5 cm³/mol. The van der Waals surface area contributed by atoms with Crippen molar-refractivity contribution in [2.45, 2.75) is 63.7 Å². The summed E-state index contributed by atoms with van der Waals surface area (Å²) in [6, 6.07) is 0. The van der Waals surface area contributed by atoms with Crippen molar-refractivity contribution in [2.75, 3.05) is 5.88 Å². The lowest BCUT2D eigenvalue weighted by Crippen LogP contribution is -2.41. The molecule has 112 valence electrons. The first-order valence-electron chi connectivity index (χ1n) is 6.48. The molecule has 1 heterocycles. The normalized spacial score (nSPS) is 23.6. The molecule has 2 N–H and O–H groups in total. The van der Waals surface area contributed by atoms with Gasteiger partial charge >= 0.3 is 14.7 Å². The standard InChI is InChI=1S/C11H23BClO5P/c1-10(2)11(3,4)18-12(17-10)9(19(14,15)16)7-5-6-8-13/h9H,5-8H2,1-4H3,(H2,14,15,16). The first-order chi connectivity index (χ1) is 8.51. The van der Waals surface area contributed by atoms with Crippen molar-refractivity contribution in [2.24, 2.45) is 0 Å². The molecule has 1 rings (SSSR count). The monoisotopic (exact) mass is 312 g/mol. The van der Waals surface area contributed by atoms with Crippen molar-refractivity contribution in [1.29, 1.82) is 0 Å². The predicted octanol–water partition coefficient (Wildman–Crippen LogP) is 2.57. The van der Waals surface area contributed by atoms with Crippen LogP contribution >= 0.6 is 19.2 Å². The third-order valence-corrected chi connectivity index (χ3v) is 5.53. The van der Waals surface area contributed by atoms with Gasteiger partial charge in [-0.05, 0) is 40.5 Å². The number of unbranched alkanes of at least 4 members (excludes halogenated alkanes) is 1. The van der Waals surface area contributed by atoms with Crippen LogP contribution in [0.2, 0.25) is 0 Å². The average molecular weight is 313 g/mol. The molecular weight excluding hydrogens is 289 g/mol. The van der Waals surface area contributed by atoms with E-state index in [1.54, 1.807) is 0 Å². The number of hydrogen-bond donors (Lipinski definition) is 2. The minimum Gasteiger partial charge on any atom is -0.403 e. The first-order valence-corrected chi connectivity index (χ1v) is 8.70. The van der Waals surface area contributed by atoms with Gasteiger partial charge in [-0.15, -0.1) is 11.6 Å². The smallest absolute Gasteiger partial charge is 0.403 e. The number of halogens is 1. The number of alkyl halides is 1. The Hall–Kier alpha value is 0.425. The molecule has 0 aromatic carbocycles. The van der Waals surface area contributed by atoms with Gasteiger partial charge in [0.1, 0.15) is 0 Å². The zero-order valence-electron chi connectivity index (χ0n) is 11.9. The van der Waals surface area contributed by atoms with Crippen LogP contribution in [0.15, 0.2) is 0 Å². The molecule has 1 aliphatic rings. The second-order valence-corrected chi connectivity index (χ2v) is 8.19. The Bertz CT molecular complexity index is 341. The van der Waals surface area contributed by atoms with Gasteiger partial charge in [0.25, 0.3) is 0 Å². The highest BCUT2D eigenvalue weighted by Crippen LogP contribution is 2.49. The molecule has 0 radical (unpaired) electrons. The van der Waals surface area contributed by atoms with Crippen molar-refractivity contribution >= 4 is 26.3 Å². The van der Waals surface area contributed by atoms with Crippen LogP contribution in [-0.2, 0) is 13.9 Å². The molecule has 0 saturated carbocycles. The van der Waals surface area contributed by atoms with Gasteiger partial charge in [0.05, 0.1) is 16.8 Å². The number of rotatable bonds is 6. The van der Waals surface area contributed by atoms with E-state index in [1.165, 1.54) is 0 Å². The van der Waals surface area contributed by atoms with Crippen LogP contribution in [0.1, 0.15) is 47.0 Å². The third kappa shape index (κ3) is 4.19. The van der Waals surface area contributed by atoms with Gasteiger partial charge in [-0.3, -0.25) is 4.57 Å². The van der Waals surface area contributed by atoms with Gasteiger partial charge in [0.15, 0.2) is 0 Å². The fourth-order valence-electron chi connectivity index (χ4n) is 1.96. The third-order valence-electron chi connectivity index (χ3n) is 3.90. The van der Waals surface area contributed by atoms with Gasteiger partial charge in [-0.2, -0.15) is 0 Å². The summed E-state index contributed by atoms with van der Waals surface area (Å²) in [5.41, 5.74) is -2.11. The van der Waals surface area contributed by atoms with Crippen LogP contribution in [0, 0.1) is 0 Å². The highest BCUT2D eigenvalue weighted by Gasteiger charge is 2.57. The highest BCUT2D eigenvalue weighted by atomic mass is 35.5. The Labute approximate surface area is 120 Å². The first kappa shape index (κ1) is 17.5. The SMILES string of the molecule is CC1(C)OB(C(CCCCCl)P(=O)(O)O)OC1(C)C. The Kier molecular flexibility index (Phi) is 5.56. The van der Waals surface area contributed by atoms with Crippen LogP contribution in [0.4, 0.5) is 0 Å². The molecule has 1 fully saturated rings. The Morgan fingerprint density at radius 3 is 2.00 bits per heavy atom. The van der Waals surface area contributed by atoms with Crippen molar-refractivity contribution in [3.8, 4) is 0 Å². The largest absolute Gasteiger partial charge is 0.473 e. The summed E-state index contributed by atoms with van der Waals surface area (Å²) in [5.74, 6) is 0.483. The molecule has 8 heteroatoms. The molecule has 0 aromatic heterocycles. The quantitative estimate of drug-likeness (QED) is 0.341. The van der Waals surface area contributed by atoms with E-state index in [0.717, 1.165) is 6.42 Å². The molecule has 0 spiro atoms. The van der Waals surface area contributed by atoms with Gasteiger partial charge in [-0.25, -0.2) is 0 Å². The summed E-state index contributed by atoms with van der Waals surface area (Å²) in [4.78, 5) is 19.0. The lowest BCUT2D eigenvalue weighted by molar-refractivity contribution is 0.00578. The number of hydrogen-bond acceptors (Lipinski definition) is 3. The zero-order valence-corrected chi connectivity index (χ0v) is 13.6. The van der Waals surface area contributed by atoms with E-state index in [0.29, 0.717) is 18.7 Å². The van der Waals surface area contributed by atoms with E-state index >= 15 is 0 Å². The summed E-state index contributed by atoms with van der Waals surface area (Å²) < 4.78 is 23.1. The molecule has 1 aliphatic heterocycles. The maximum atomic E-state index is 11.6. The van der Waals surface area contributed by atoms with Crippen molar-refractivity contribution < 1.29 is 23.7 Å². The van der Waals surface area contributed by atoms with Gasteiger partial charge in [-0.1, -0.05) is 6.42 Å².